The highest BCUT2D eigenvalue weighted by molar-refractivity contribution is 5.97. The molecular weight excluding hydrogens is 454 g/mol. The Morgan fingerprint density at radius 2 is 1.72 bits per heavy atom. The van der Waals surface area contributed by atoms with Gasteiger partial charge in [-0.1, -0.05) is 67.8 Å². The minimum absolute atomic E-state index is 0.0750. The molecule has 7 nitrogen and oxygen atoms in total. The topological polar surface area (TPSA) is 93.4 Å². The number of carbonyl (C=O) groups excluding carboxylic acids is 1. The lowest BCUT2D eigenvalue weighted by Crippen LogP contribution is -2.46. The summed E-state index contributed by atoms with van der Waals surface area (Å²) in [6.07, 6.45) is 4.67. The van der Waals surface area contributed by atoms with Crippen molar-refractivity contribution < 1.29 is 19.4 Å². The largest absolute Gasteiger partial charge is 0.496 e. The SMILES string of the molecule is COc1ccccc1-c1cc(C(=O)N[C@H](C(=O)O)C2CCCCC2)nn1-c1cccc2ccccc12. The minimum Gasteiger partial charge on any atom is -0.496 e. The fourth-order valence-corrected chi connectivity index (χ4v) is 5.18. The van der Waals surface area contributed by atoms with Crippen LogP contribution < -0.4 is 10.1 Å². The highest BCUT2D eigenvalue weighted by Crippen LogP contribution is 2.34. The molecule has 184 valence electrons. The van der Waals surface area contributed by atoms with Crippen molar-refractivity contribution in [3.05, 3.63) is 78.5 Å². The van der Waals surface area contributed by atoms with E-state index < -0.39 is 17.9 Å². The summed E-state index contributed by atoms with van der Waals surface area (Å²) in [5, 5.41) is 19.4. The van der Waals surface area contributed by atoms with Gasteiger partial charge in [0, 0.05) is 10.9 Å². The molecule has 1 amide bonds. The molecule has 1 atom stereocenters. The van der Waals surface area contributed by atoms with Crippen LogP contribution in [0.1, 0.15) is 42.6 Å². The van der Waals surface area contributed by atoms with Gasteiger partial charge in [-0.15, -0.1) is 0 Å². The maximum Gasteiger partial charge on any atom is 0.326 e. The molecule has 7 heteroatoms. The third kappa shape index (κ3) is 4.56. The van der Waals surface area contributed by atoms with E-state index in [0.717, 1.165) is 54.1 Å². The number of ether oxygens (including phenoxy) is 1. The molecule has 4 aromatic rings. The number of methoxy groups -OCH3 is 1. The van der Waals surface area contributed by atoms with Gasteiger partial charge in [0.25, 0.3) is 5.91 Å². The molecule has 0 bridgehead atoms. The van der Waals surface area contributed by atoms with Crippen molar-refractivity contribution in [1.82, 2.24) is 15.1 Å². The summed E-state index contributed by atoms with van der Waals surface area (Å²) in [5.41, 5.74) is 2.43. The normalized spacial score (nSPS) is 14.9. The Hall–Kier alpha value is -4.13. The second-order valence-corrected chi connectivity index (χ2v) is 9.21. The lowest BCUT2D eigenvalue weighted by Gasteiger charge is -2.27. The van der Waals surface area contributed by atoms with Crippen LogP contribution in [-0.2, 0) is 4.79 Å². The molecule has 5 rings (SSSR count). The fourth-order valence-electron chi connectivity index (χ4n) is 5.18. The first-order valence-corrected chi connectivity index (χ1v) is 12.3. The number of nitrogens with zero attached hydrogens (tertiary/aromatic N) is 2. The zero-order valence-corrected chi connectivity index (χ0v) is 20.2. The van der Waals surface area contributed by atoms with E-state index in [2.05, 4.69) is 5.32 Å². The Kier molecular flexibility index (Phi) is 6.71. The molecule has 1 saturated carbocycles. The summed E-state index contributed by atoms with van der Waals surface area (Å²) in [6.45, 7) is 0. The third-order valence-electron chi connectivity index (χ3n) is 6.99. The fraction of sp³-hybridized carbons (Fsp3) is 0.276. The summed E-state index contributed by atoms with van der Waals surface area (Å²) in [6, 6.07) is 22.3. The van der Waals surface area contributed by atoms with E-state index in [1.807, 2.05) is 66.7 Å². The predicted molar refractivity (Wildman–Crippen MR) is 139 cm³/mol. The summed E-state index contributed by atoms with van der Waals surface area (Å²) in [4.78, 5) is 25.4. The summed E-state index contributed by atoms with van der Waals surface area (Å²) in [5.74, 6) is -0.928. The van der Waals surface area contributed by atoms with E-state index in [-0.39, 0.29) is 11.6 Å². The van der Waals surface area contributed by atoms with E-state index in [1.54, 1.807) is 17.9 Å². The number of aliphatic carboxylic acids is 1. The number of carboxylic acid groups (broad SMARTS) is 1. The lowest BCUT2D eigenvalue weighted by atomic mass is 9.84. The van der Waals surface area contributed by atoms with Crippen LogP contribution in [0.4, 0.5) is 0 Å². The molecule has 1 aliphatic carbocycles. The second kappa shape index (κ2) is 10.2. The minimum atomic E-state index is -1.01. The van der Waals surface area contributed by atoms with E-state index in [4.69, 9.17) is 9.84 Å². The molecular formula is C29H29N3O4. The van der Waals surface area contributed by atoms with Gasteiger partial charge in [0.05, 0.1) is 18.5 Å². The lowest BCUT2D eigenvalue weighted by molar-refractivity contribution is -0.141. The monoisotopic (exact) mass is 483 g/mol. The number of rotatable bonds is 7. The smallest absolute Gasteiger partial charge is 0.326 e. The van der Waals surface area contributed by atoms with Crippen LogP contribution in [0.3, 0.4) is 0 Å². The highest BCUT2D eigenvalue weighted by atomic mass is 16.5. The van der Waals surface area contributed by atoms with Crippen molar-refractivity contribution in [2.75, 3.05) is 7.11 Å². The number of aromatic nitrogens is 2. The third-order valence-corrected chi connectivity index (χ3v) is 6.99. The molecule has 0 radical (unpaired) electrons. The molecule has 0 saturated heterocycles. The van der Waals surface area contributed by atoms with E-state index in [9.17, 15) is 14.7 Å². The number of hydrogen-bond donors (Lipinski definition) is 2. The maximum atomic E-state index is 13.4. The van der Waals surface area contributed by atoms with Crippen LogP contribution in [0, 0.1) is 5.92 Å². The first-order valence-electron chi connectivity index (χ1n) is 12.3. The number of carboxylic acids is 1. The summed E-state index contributed by atoms with van der Waals surface area (Å²) in [7, 11) is 1.60. The zero-order chi connectivity index (χ0) is 25.1. The van der Waals surface area contributed by atoms with Crippen molar-refractivity contribution in [2.24, 2.45) is 5.92 Å². The molecule has 0 aliphatic heterocycles. The van der Waals surface area contributed by atoms with E-state index in [0.29, 0.717) is 11.4 Å². The van der Waals surface area contributed by atoms with E-state index >= 15 is 0 Å². The Morgan fingerprint density at radius 3 is 2.50 bits per heavy atom. The molecule has 1 fully saturated rings. The van der Waals surface area contributed by atoms with Crippen LogP contribution in [0.15, 0.2) is 72.8 Å². The van der Waals surface area contributed by atoms with Crippen LogP contribution in [0.25, 0.3) is 27.7 Å². The van der Waals surface area contributed by atoms with Crippen LogP contribution >= 0.6 is 0 Å². The van der Waals surface area contributed by atoms with Crippen molar-refractivity contribution in [1.29, 1.82) is 0 Å². The number of fused-ring (bicyclic) bond motifs is 1. The van der Waals surface area contributed by atoms with E-state index in [1.165, 1.54) is 0 Å². The number of hydrogen-bond acceptors (Lipinski definition) is 4. The Bertz CT molecular complexity index is 1400. The van der Waals surface area contributed by atoms with Gasteiger partial charge in [0.2, 0.25) is 0 Å². The standard InChI is InChI=1S/C29H29N3O4/c1-36-26-17-8-7-15-22(26)25-18-23(28(33)30-27(29(34)35)20-11-3-2-4-12-20)31-32(25)24-16-9-13-19-10-5-6-14-21(19)24/h5-10,13-18,20,27H,2-4,11-12H2,1H3,(H,30,33)(H,34,35)/t27-/m0/s1. The molecule has 2 N–H and O–H groups in total. The van der Waals surface area contributed by atoms with Crippen LogP contribution in [0.2, 0.25) is 0 Å². The summed E-state index contributed by atoms with van der Waals surface area (Å²) < 4.78 is 7.35. The highest BCUT2D eigenvalue weighted by Gasteiger charge is 2.32. The van der Waals surface area contributed by atoms with Gasteiger partial charge in [0.15, 0.2) is 5.69 Å². The number of para-hydroxylation sites is 1. The molecule has 1 aromatic heterocycles. The Labute approximate surface area is 209 Å². The van der Waals surface area contributed by atoms with Gasteiger partial charge < -0.3 is 15.2 Å². The quantitative estimate of drug-likeness (QED) is 0.364. The second-order valence-electron chi connectivity index (χ2n) is 9.21. The number of nitrogens with one attached hydrogen (secondary N) is 1. The first kappa shape index (κ1) is 23.6. The molecule has 0 unspecified atom stereocenters. The molecule has 1 heterocycles. The Balaban J connectivity index is 1.60. The van der Waals surface area contributed by atoms with Gasteiger partial charge in [-0.3, -0.25) is 4.79 Å². The molecule has 0 spiro atoms. The van der Waals surface area contributed by atoms with Crippen LogP contribution in [0.5, 0.6) is 5.75 Å². The predicted octanol–water partition coefficient (Wildman–Crippen LogP) is 5.46. The number of carbonyl (C=O) groups is 2. The Morgan fingerprint density at radius 1 is 1.00 bits per heavy atom. The molecule has 1 aliphatic rings. The van der Waals surface area contributed by atoms with Gasteiger partial charge in [0.1, 0.15) is 11.8 Å². The summed E-state index contributed by atoms with van der Waals surface area (Å²) >= 11 is 0. The number of benzene rings is 3. The average Bonchev–Trinajstić information content (AvgIpc) is 3.37. The molecule has 36 heavy (non-hydrogen) atoms. The van der Waals surface area contributed by atoms with Gasteiger partial charge in [-0.05, 0) is 48.4 Å². The first-order chi connectivity index (χ1) is 17.6. The maximum absolute atomic E-state index is 13.4. The van der Waals surface area contributed by atoms with Crippen molar-refractivity contribution in [2.45, 2.75) is 38.1 Å². The van der Waals surface area contributed by atoms with Crippen LogP contribution in [-0.4, -0.2) is 39.9 Å². The van der Waals surface area contributed by atoms with Crippen molar-refractivity contribution in [3.8, 4) is 22.7 Å². The van der Waals surface area contributed by atoms with Gasteiger partial charge in [-0.25, -0.2) is 9.48 Å². The zero-order valence-electron chi connectivity index (χ0n) is 20.2. The average molecular weight is 484 g/mol. The van der Waals surface area contributed by atoms with Crippen molar-refractivity contribution >= 4 is 22.6 Å². The van der Waals surface area contributed by atoms with Gasteiger partial charge >= 0.3 is 5.97 Å². The van der Waals surface area contributed by atoms with Crippen molar-refractivity contribution in [3.63, 3.8) is 0 Å². The molecule has 3 aromatic carbocycles. The van der Waals surface area contributed by atoms with Gasteiger partial charge in [-0.2, -0.15) is 5.10 Å². The number of amides is 1.